The summed E-state index contributed by atoms with van der Waals surface area (Å²) in [4.78, 5) is 5.37. The van der Waals surface area contributed by atoms with Crippen molar-refractivity contribution in [1.82, 2.24) is 4.98 Å². The molecule has 0 fully saturated rings. The van der Waals surface area contributed by atoms with Gasteiger partial charge in [-0.05, 0) is 113 Å². The van der Waals surface area contributed by atoms with Gasteiger partial charge in [-0.1, -0.05) is 111 Å². The van der Waals surface area contributed by atoms with Gasteiger partial charge in [0.15, 0.2) is 11.5 Å². The zero-order chi connectivity index (χ0) is 41.4. The Morgan fingerprint density at radius 2 is 1.07 bits per heavy atom. The Labute approximate surface area is 355 Å². The van der Waals surface area contributed by atoms with Gasteiger partial charge in [0.1, 0.15) is 17.9 Å². The molecule has 6 aromatic rings. The number of ether oxygens (including phenoxy) is 4. The van der Waals surface area contributed by atoms with Crippen LogP contribution in [0.1, 0.15) is 136 Å². The number of hydrogen-bond acceptors (Lipinski definition) is 7. The number of rotatable bonds is 26. The second kappa shape index (κ2) is 22.7. The molecule has 8 heteroatoms. The van der Waals surface area contributed by atoms with E-state index in [9.17, 15) is 5.26 Å². The van der Waals surface area contributed by atoms with E-state index < -0.39 is 10.8 Å². The molecule has 0 radical (unpaired) electrons. The van der Waals surface area contributed by atoms with Crippen molar-refractivity contribution in [1.29, 1.82) is 5.26 Å². The lowest BCUT2D eigenvalue weighted by atomic mass is 9.88. The highest BCUT2D eigenvalue weighted by Gasteiger charge is 2.31. The van der Waals surface area contributed by atoms with Crippen LogP contribution >= 0.6 is 10.8 Å². The van der Waals surface area contributed by atoms with Crippen molar-refractivity contribution in [3.63, 3.8) is 0 Å². The lowest BCUT2D eigenvalue weighted by molar-refractivity contribution is 0.260. The van der Waals surface area contributed by atoms with E-state index in [1.54, 1.807) is 0 Å². The van der Waals surface area contributed by atoms with Gasteiger partial charge >= 0.3 is 5.19 Å². The Morgan fingerprint density at radius 3 is 1.66 bits per heavy atom. The molecule has 0 aliphatic carbocycles. The number of aromatic nitrogens is 1. The number of hydrogen-bond donors (Lipinski definition) is 0. The fourth-order valence-electron chi connectivity index (χ4n) is 7.73. The third-order valence-corrected chi connectivity index (χ3v) is 12.7. The Bertz CT molecular complexity index is 2310. The molecule has 314 valence electrons. The van der Waals surface area contributed by atoms with Crippen molar-refractivity contribution in [2.45, 2.75) is 131 Å². The molecule has 59 heavy (non-hydrogen) atoms. The van der Waals surface area contributed by atoms with Gasteiger partial charge in [-0.15, -0.1) is 4.18 Å². The lowest BCUT2D eigenvalue weighted by Crippen LogP contribution is -2.03. The van der Waals surface area contributed by atoms with Crippen LogP contribution in [0.25, 0.3) is 53.7 Å². The smallest absolute Gasteiger partial charge is 0.472 e. The van der Waals surface area contributed by atoms with Crippen LogP contribution in [-0.2, 0) is 0 Å². The quantitative estimate of drug-likeness (QED) is 0.0306. The Kier molecular flexibility index (Phi) is 16.9. The third-order valence-electron chi connectivity index (χ3n) is 11.0. The maximum Gasteiger partial charge on any atom is 0.472 e. The number of benzene rings is 5. The molecule has 1 unspecified atom stereocenters. The van der Waals surface area contributed by atoms with Crippen LogP contribution in [-0.4, -0.2) is 38.0 Å². The maximum absolute atomic E-state index is 9.71. The fraction of sp³-hybridized carbons (Fsp3) is 0.490. The van der Waals surface area contributed by atoms with E-state index in [2.05, 4.69) is 89.2 Å². The number of nitriles is 1. The predicted octanol–water partition coefficient (Wildman–Crippen LogP) is 14.9. The summed E-state index contributed by atoms with van der Waals surface area (Å²) in [6.45, 7) is 14.2. The van der Waals surface area contributed by atoms with E-state index in [-0.39, 0.29) is 0 Å². The minimum atomic E-state index is -0.738. The summed E-state index contributed by atoms with van der Waals surface area (Å²) in [5.41, 5.74) is 3.59. The van der Waals surface area contributed by atoms with Gasteiger partial charge in [-0.2, -0.15) is 10.2 Å². The minimum absolute atomic E-state index is 0.614. The van der Waals surface area contributed by atoms with E-state index in [0.717, 1.165) is 167 Å². The van der Waals surface area contributed by atoms with Gasteiger partial charge in [-0.3, -0.25) is 0 Å². The van der Waals surface area contributed by atoms with Crippen molar-refractivity contribution in [3.05, 3.63) is 66.2 Å². The Balaban J connectivity index is 1.69. The van der Waals surface area contributed by atoms with Crippen molar-refractivity contribution < 1.29 is 23.1 Å². The molecule has 1 heterocycles. The molecule has 0 saturated heterocycles. The van der Waals surface area contributed by atoms with Gasteiger partial charge in [0.05, 0.1) is 38.1 Å². The first-order valence-electron chi connectivity index (χ1n) is 22.6. The van der Waals surface area contributed by atoms with E-state index >= 15 is 0 Å². The van der Waals surface area contributed by atoms with Gasteiger partial charge in [0.2, 0.25) is 15.5 Å². The molecule has 1 aromatic heterocycles. The molecule has 5 aromatic carbocycles. The summed E-state index contributed by atoms with van der Waals surface area (Å²) in [7, 11) is -0.738. The first-order valence-corrected chi connectivity index (χ1v) is 23.7. The standard InChI is InChI=1S/C51H65N2O5S/c1-6-11-16-27-54-39-32-41(38-23-21-37(36-52)22-24-38)48-40-25-26-47-50(53-51(57-30-19-14-9-4)59(47)58-31-20-15-10-5)49(40)44-35-46(56-29-18-13-8-3)45(55-28-17-12-7-2)34-42(44)43(48)33-39/h21-26,32-35H,6-20,27-31H2,1-5H3/q+1. The topological polar surface area (TPSA) is 82.8 Å². The SMILES string of the molecule is CCCCCOc1cc(-c2ccc(C#N)cc2)c2c(c1)c1cc(OCCCCC)c(OCCCCC)cc1c1c2ccc2c1nc(OCCCCC)[s+]2OCCCCC. The molecule has 0 saturated carbocycles. The summed E-state index contributed by atoms with van der Waals surface area (Å²) >= 11 is 0. The number of thiazole rings is 1. The molecule has 0 spiro atoms. The first-order chi connectivity index (χ1) is 29.1. The van der Waals surface area contributed by atoms with Crippen LogP contribution in [0.3, 0.4) is 0 Å². The molecule has 0 bridgehead atoms. The van der Waals surface area contributed by atoms with E-state index in [4.69, 9.17) is 28.1 Å². The lowest BCUT2D eigenvalue weighted by Gasteiger charge is -2.19. The van der Waals surface area contributed by atoms with Crippen LogP contribution in [0.5, 0.6) is 22.4 Å². The predicted molar refractivity (Wildman–Crippen MR) is 248 cm³/mol. The summed E-state index contributed by atoms with van der Waals surface area (Å²) in [6.07, 6.45) is 16.1. The average Bonchev–Trinajstić information content (AvgIpc) is 3.62. The molecular weight excluding hydrogens is 753 g/mol. The third kappa shape index (κ3) is 10.8. The van der Waals surface area contributed by atoms with E-state index in [1.165, 1.54) is 0 Å². The Morgan fingerprint density at radius 1 is 0.525 bits per heavy atom. The normalized spacial score (nSPS) is 11.8. The highest BCUT2D eigenvalue weighted by atomic mass is 32.2. The number of unbranched alkanes of at least 4 members (excludes halogenated alkanes) is 10. The van der Waals surface area contributed by atoms with Gasteiger partial charge in [0.25, 0.3) is 0 Å². The molecule has 0 aliphatic rings. The van der Waals surface area contributed by atoms with Crippen LogP contribution in [0.4, 0.5) is 0 Å². The highest BCUT2D eigenvalue weighted by Crippen LogP contribution is 2.50. The largest absolute Gasteiger partial charge is 0.494 e. The van der Waals surface area contributed by atoms with Crippen LogP contribution in [0.15, 0.2) is 60.7 Å². The second-order valence-corrected chi connectivity index (χ2v) is 17.2. The fourth-order valence-corrected chi connectivity index (χ4v) is 9.31. The maximum atomic E-state index is 9.71. The molecule has 7 nitrogen and oxygen atoms in total. The minimum Gasteiger partial charge on any atom is -0.494 e. The van der Waals surface area contributed by atoms with Crippen molar-refractivity contribution >= 4 is 53.3 Å². The molecule has 0 aliphatic heterocycles. The summed E-state index contributed by atoms with van der Waals surface area (Å²) in [5, 5.41) is 16.8. The average molecular weight is 818 g/mol. The summed E-state index contributed by atoms with van der Waals surface area (Å²) in [5.74, 6) is 2.34. The zero-order valence-electron chi connectivity index (χ0n) is 36.3. The summed E-state index contributed by atoms with van der Waals surface area (Å²) in [6, 6.07) is 23.4. The molecule has 6 rings (SSSR count). The van der Waals surface area contributed by atoms with Gasteiger partial charge in [-0.25, -0.2) is 0 Å². The van der Waals surface area contributed by atoms with Crippen molar-refractivity contribution in [3.8, 4) is 39.6 Å². The summed E-state index contributed by atoms with van der Waals surface area (Å²) < 4.78 is 34.1. The van der Waals surface area contributed by atoms with Crippen molar-refractivity contribution in [2.75, 3.05) is 33.0 Å². The number of nitrogens with zero attached hydrogens (tertiary/aromatic N) is 2. The first kappa shape index (κ1) is 44.0. The van der Waals surface area contributed by atoms with Gasteiger partial charge in [0, 0.05) is 11.5 Å². The van der Waals surface area contributed by atoms with Gasteiger partial charge < -0.3 is 18.9 Å². The molecule has 0 amide bonds. The molecule has 0 N–H and O–H groups in total. The monoisotopic (exact) mass is 817 g/mol. The van der Waals surface area contributed by atoms with Crippen LogP contribution < -0.4 is 23.1 Å². The van der Waals surface area contributed by atoms with Crippen molar-refractivity contribution in [2.24, 2.45) is 0 Å². The Hall–Kier alpha value is -4.58. The van der Waals surface area contributed by atoms with Crippen LogP contribution in [0.2, 0.25) is 0 Å². The molecule has 1 atom stereocenters. The molecular formula is C51H65N2O5S+. The zero-order valence-corrected chi connectivity index (χ0v) is 37.1. The number of fused-ring (bicyclic) bond motifs is 8. The van der Waals surface area contributed by atoms with Crippen LogP contribution in [0, 0.1) is 11.3 Å². The van der Waals surface area contributed by atoms with E-state index in [0.29, 0.717) is 43.8 Å². The van der Waals surface area contributed by atoms with E-state index in [1.807, 2.05) is 12.1 Å². The highest BCUT2D eigenvalue weighted by molar-refractivity contribution is 7.34. The second-order valence-electron chi connectivity index (χ2n) is 15.7.